The van der Waals surface area contributed by atoms with Crippen LogP contribution in [0.5, 0.6) is 0 Å². The first-order chi connectivity index (χ1) is 29.6. The first-order valence-corrected chi connectivity index (χ1v) is 29.1. The third-order valence-electron chi connectivity index (χ3n) is 5.37. The van der Waals surface area contributed by atoms with Crippen molar-refractivity contribution in [3.8, 4) is 0 Å². The molecule has 40 nitrogen and oxygen atoms in total. The zero-order valence-electron chi connectivity index (χ0n) is 32.1. The maximum absolute atomic E-state index is 12.4. The third-order valence-corrected chi connectivity index (χ3v) is 13.9. The van der Waals surface area contributed by atoms with Gasteiger partial charge in [0.25, 0.3) is 0 Å². The highest BCUT2D eigenvalue weighted by molar-refractivity contribution is 7.49. The minimum Gasteiger partial charge on any atom is -0.370 e. The Bertz CT molecular complexity index is 1660. The van der Waals surface area contributed by atoms with Crippen LogP contribution < -0.4 is 0 Å². The molecule has 0 rings (SSSR count). The smallest absolute Gasteiger partial charge is 0.370 e. The van der Waals surface area contributed by atoms with Gasteiger partial charge in [0.2, 0.25) is 0 Å². The molecule has 0 radical (unpaired) electrons. The number of phosphoric acid groups is 9. The SMILES string of the molecule is COP(=O)(O)OC(COP(=O)(O)OCOP(=O)(O)OC(COP(=O)(O)OCO)COP(=O)(O)OCO)COP(=O)(O)OCOP(=O)(O)OC(COP(=O)(O)OCO)COP(=O)(O)OCO. The van der Waals surface area contributed by atoms with Gasteiger partial charge < -0.3 is 64.5 Å². The van der Waals surface area contributed by atoms with Crippen molar-refractivity contribution in [3.63, 3.8) is 0 Å². The number of hydrogen-bond donors (Lipinski definition) is 13. The molecule has 0 aromatic rings. The predicted molar refractivity (Wildman–Crippen MR) is 193 cm³/mol. The van der Waals surface area contributed by atoms with Gasteiger partial charge in [0, 0.05) is 7.11 Å². The topological polar surface area (TPSA) is 583 Å². The van der Waals surface area contributed by atoms with Crippen LogP contribution >= 0.6 is 70.4 Å². The fraction of sp³-hybridized carbons (Fsp3) is 1.00. The average molecular weight is 1150 g/mol. The zero-order valence-corrected chi connectivity index (χ0v) is 40.1. The molecule has 0 bridgehead atoms. The summed E-state index contributed by atoms with van der Waals surface area (Å²) in [5.74, 6) is 0. The maximum atomic E-state index is 12.4. The second-order valence-corrected chi connectivity index (χ2v) is 23.2. The van der Waals surface area contributed by atoms with E-state index >= 15 is 0 Å². The molecule has 0 saturated heterocycles. The highest BCUT2D eigenvalue weighted by Gasteiger charge is 2.37. The van der Waals surface area contributed by atoms with Crippen molar-refractivity contribution in [2.75, 3.05) is 87.5 Å². The minimum absolute atomic E-state index is 0.595. The Morgan fingerprint density at radius 1 is 0.292 bits per heavy atom. The molecular weight excluding hydrogens is 1110 g/mol. The van der Waals surface area contributed by atoms with Crippen molar-refractivity contribution in [1.29, 1.82) is 0 Å². The number of hydrogen-bond acceptors (Lipinski definition) is 31. The molecule has 9 unspecified atom stereocenters. The Balaban J connectivity index is 5.59. The lowest BCUT2D eigenvalue weighted by Crippen LogP contribution is -2.25. The van der Waals surface area contributed by atoms with Crippen LogP contribution in [-0.2, 0) is 123 Å². The van der Waals surface area contributed by atoms with Gasteiger partial charge in [-0.25, -0.2) is 41.1 Å². The highest BCUT2D eigenvalue weighted by atomic mass is 31.2. The van der Waals surface area contributed by atoms with Gasteiger partial charge in [-0.3, -0.25) is 81.4 Å². The van der Waals surface area contributed by atoms with Crippen LogP contribution in [0.15, 0.2) is 0 Å². The van der Waals surface area contributed by atoms with Crippen LogP contribution in [-0.4, -0.2) is 170 Å². The second-order valence-electron chi connectivity index (χ2n) is 10.1. The van der Waals surface area contributed by atoms with Crippen LogP contribution in [0.1, 0.15) is 0 Å². The van der Waals surface area contributed by atoms with Gasteiger partial charge in [0.05, 0.1) is 39.6 Å². The second kappa shape index (κ2) is 30.0. The molecule has 65 heavy (non-hydrogen) atoms. The van der Waals surface area contributed by atoms with E-state index in [1.54, 1.807) is 0 Å². The molecular formula is C16H43O40P9. The first-order valence-electron chi connectivity index (χ1n) is 15.6. The van der Waals surface area contributed by atoms with Crippen molar-refractivity contribution in [3.05, 3.63) is 0 Å². The van der Waals surface area contributed by atoms with Gasteiger partial charge in [-0.1, -0.05) is 0 Å². The summed E-state index contributed by atoms with van der Waals surface area (Å²) in [6.45, 7) is -17.3. The van der Waals surface area contributed by atoms with Crippen molar-refractivity contribution >= 4 is 70.4 Å². The molecule has 0 aromatic heterocycles. The molecule has 0 amide bonds. The van der Waals surface area contributed by atoms with Gasteiger partial charge in [-0.2, -0.15) is 0 Å². The van der Waals surface area contributed by atoms with Crippen LogP contribution in [0.25, 0.3) is 0 Å². The summed E-state index contributed by atoms with van der Waals surface area (Å²) in [5.41, 5.74) is 0. The lowest BCUT2D eigenvalue weighted by Gasteiger charge is -2.23. The molecule has 0 heterocycles. The van der Waals surface area contributed by atoms with E-state index in [4.69, 9.17) is 20.4 Å². The van der Waals surface area contributed by atoms with Crippen molar-refractivity contribution in [1.82, 2.24) is 0 Å². The summed E-state index contributed by atoms with van der Waals surface area (Å²) >= 11 is 0. The average Bonchev–Trinajstić information content (AvgIpc) is 3.14. The molecule has 13 N–H and O–H groups in total. The third kappa shape index (κ3) is 33.9. The lowest BCUT2D eigenvalue weighted by molar-refractivity contribution is -0.0201. The number of phosphoric ester groups is 9. The Morgan fingerprint density at radius 3 is 0.677 bits per heavy atom. The van der Waals surface area contributed by atoms with E-state index < -0.39 is 169 Å². The molecule has 0 saturated carbocycles. The highest BCUT2D eigenvalue weighted by Crippen LogP contribution is 2.54. The van der Waals surface area contributed by atoms with Gasteiger partial charge >= 0.3 is 70.4 Å². The van der Waals surface area contributed by atoms with E-state index in [-0.39, 0.29) is 0 Å². The predicted octanol–water partition coefficient (Wildman–Crippen LogP) is -1.36. The normalized spacial score (nSPS) is 22.2. The summed E-state index contributed by atoms with van der Waals surface area (Å²) < 4.78 is 185. The van der Waals surface area contributed by atoms with E-state index in [1.165, 1.54) is 0 Å². The molecule has 0 aliphatic rings. The van der Waals surface area contributed by atoms with Gasteiger partial charge in [0.1, 0.15) is 18.3 Å². The van der Waals surface area contributed by atoms with Crippen LogP contribution in [0.2, 0.25) is 0 Å². The summed E-state index contributed by atoms with van der Waals surface area (Å²) in [7, 11) is -47.3. The quantitative estimate of drug-likeness (QED) is 0.0248. The molecule has 0 aliphatic carbocycles. The monoisotopic (exact) mass is 1150 g/mol. The van der Waals surface area contributed by atoms with E-state index in [0.29, 0.717) is 7.11 Å². The Kier molecular flexibility index (Phi) is 30.4. The first kappa shape index (κ1) is 65.8. The van der Waals surface area contributed by atoms with Crippen LogP contribution in [0.3, 0.4) is 0 Å². The summed E-state index contributed by atoms with van der Waals surface area (Å²) in [6.07, 6.45) is -6.57. The van der Waals surface area contributed by atoms with E-state index in [9.17, 15) is 85.1 Å². The molecule has 49 heteroatoms. The Labute approximate surface area is 363 Å². The van der Waals surface area contributed by atoms with E-state index in [0.717, 1.165) is 0 Å². The fourth-order valence-corrected chi connectivity index (χ4v) is 8.66. The van der Waals surface area contributed by atoms with Crippen molar-refractivity contribution in [2.45, 2.75) is 18.3 Å². The summed E-state index contributed by atoms with van der Waals surface area (Å²) in [5, 5.41) is 34.5. The van der Waals surface area contributed by atoms with Crippen molar-refractivity contribution < 1.29 is 187 Å². The largest absolute Gasteiger partial charge is 0.474 e. The lowest BCUT2D eigenvalue weighted by atomic mass is 10.4. The minimum atomic E-state index is -5.61. The number of rotatable bonds is 41. The Hall–Kier alpha value is 0.830. The molecule has 0 fully saturated rings. The van der Waals surface area contributed by atoms with Crippen molar-refractivity contribution in [2.24, 2.45) is 0 Å². The zero-order chi connectivity index (χ0) is 50.4. The summed E-state index contributed by atoms with van der Waals surface area (Å²) in [4.78, 5) is 87.1. The molecule has 0 aromatic carbocycles. The molecule has 9 atom stereocenters. The van der Waals surface area contributed by atoms with E-state index in [1.807, 2.05) is 0 Å². The fourth-order valence-electron chi connectivity index (χ4n) is 2.89. The van der Waals surface area contributed by atoms with Gasteiger partial charge in [-0.05, 0) is 0 Å². The summed E-state index contributed by atoms with van der Waals surface area (Å²) in [6, 6.07) is 0. The molecule has 0 aliphatic heterocycles. The van der Waals surface area contributed by atoms with Gasteiger partial charge in [-0.15, -0.1) is 0 Å². The Morgan fingerprint density at radius 2 is 0.477 bits per heavy atom. The molecule has 392 valence electrons. The van der Waals surface area contributed by atoms with Crippen LogP contribution in [0, 0.1) is 0 Å². The maximum Gasteiger partial charge on any atom is 0.474 e. The van der Waals surface area contributed by atoms with Crippen LogP contribution in [0.4, 0.5) is 0 Å². The molecule has 0 spiro atoms. The standard InChI is InChI=1S/C16H43O40P9/c1-39-57(21,22)54-14(2-44-62(31,32)50-12-52-64(35,36)55-15(4-40-58(23,24)46-8-17)5-41-59(25,26)47-9-18)3-45-63(33,34)51-13-53-65(37,38)56-16(6-42-60(27,28)48-10-19)7-43-61(29,30)49-11-20/h14-20H,2-13H2,1H3,(H,21,22)(H,23,24)(H,25,26)(H,27,28)(H,29,30)(H,31,32)(H,33,34)(H,35,36)(H,37,38). The number of aliphatic hydroxyl groups excluding tert-OH is 4. The van der Waals surface area contributed by atoms with E-state index in [2.05, 4.69) is 81.4 Å². The number of aliphatic hydroxyl groups is 4. The van der Waals surface area contributed by atoms with Gasteiger partial charge in [0.15, 0.2) is 40.8 Å².